The van der Waals surface area contributed by atoms with Crippen molar-refractivity contribution in [2.45, 2.75) is 13.3 Å². The number of hydrogen-bond acceptors (Lipinski definition) is 2. The Balaban J connectivity index is 2.55. The van der Waals surface area contributed by atoms with Gasteiger partial charge in [0.2, 0.25) is 0 Å². The zero-order valence-electron chi connectivity index (χ0n) is 10.4. The van der Waals surface area contributed by atoms with Gasteiger partial charge in [0.05, 0.1) is 12.1 Å². The fourth-order valence-corrected chi connectivity index (χ4v) is 2.36. The van der Waals surface area contributed by atoms with E-state index >= 15 is 0 Å². The summed E-state index contributed by atoms with van der Waals surface area (Å²) in [5, 5.41) is 5.00. The summed E-state index contributed by atoms with van der Waals surface area (Å²) in [5.41, 5.74) is 3.59. The molecule has 1 aromatic heterocycles. The van der Waals surface area contributed by atoms with Gasteiger partial charge in [0.15, 0.2) is 0 Å². The van der Waals surface area contributed by atoms with Crippen LogP contribution in [0.15, 0.2) is 12.1 Å². The summed E-state index contributed by atoms with van der Waals surface area (Å²) < 4.78 is 5.26. The summed E-state index contributed by atoms with van der Waals surface area (Å²) in [5.74, 6) is 0.726. The third-order valence-electron chi connectivity index (χ3n) is 3.02. The van der Waals surface area contributed by atoms with Gasteiger partial charge in [-0.2, -0.15) is 0 Å². The minimum absolute atomic E-state index is 0.640. The second kappa shape index (κ2) is 4.98. The van der Waals surface area contributed by atoms with E-state index in [1.165, 1.54) is 16.6 Å². The molecule has 0 aliphatic carbocycles. The fourth-order valence-electron chi connectivity index (χ4n) is 2.11. The molecule has 92 valence electrons. The molecule has 2 aromatic rings. The molecule has 0 saturated heterocycles. The molecular formula is C13H17ClN2O. The van der Waals surface area contributed by atoms with Crippen molar-refractivity contribution in [2.75, 3.05) is 20.7 Å². The predicted molar refractivity (Wildman–Crippen MR) is 72.2 cm³/mol. The van der Waals surface area contributed by atoms with Gasteiger partial charge < -0.3 is 15.0 Å². The van der Waals surface area contributed by atoms with E-state index in [0.717, 1.165) is 24.2 Å². The first-order valence-corrected chi connectivity index (χ1v) is 6.04. The molecule has 0 radical (unpaired) electrons. The molecule has 3 nitrogen and oxygen atoms in total. The van der Waals surface area contributed by atoms with E-state index in [-0.39, 0.29) is 0 Å². The maximum absolute atomic E-state index is 6.11. The van der Waals surface area contributed by atoms with Crippen LogP contribution in [0.25, 0.3) is 10.9 Å². The van der Waals surface area contributed by atoms with Crippen LogP contribution in [-0.2, 0) is 6.42 Å². The molecule has 2 rings (SSSR count). The molecule has 0 aliphatic rings. The molecule has 0 fully saturated rings. The highest BCUT2D eigenvalue weighted by Crippen LogP contribution is 2.32. The van der Waals surface area contributed by atoms with Gasteiger partial charge in [-0.3, -0.25) is 0 Å². The molecule has 4 heteroatoms. The highest BCUT2D eigenvalue weighted by atomic mass is 35.5. The summed E-state index contributed by atoms with van der Waals surface area (Å²) >= 11 is 6.11. The number of rotatable bonds is 4. The molecule has 0 spiro atoms. The van der Waals surface area contributed by atoms with Crippen molar-refractivity contribution in [3.8, 4) is 5.75 Å². The SMILES string of the molecule is CNCCc1c(C)[nH]c2cc(Cl)c(OC)cc12. The third kappa shape index (κ3) is 2.26. The smallest absolute Gasteiger partial charge is 0.138 e. The van der Waals surface area contributed by atoms with E-state index in [4.69, 9.17) is 16.3 Å². The number of likely N-dealkylation sites (N-methyl/N-ethyl adjacent to an activating group) is 1. The first kappa shape index (κ1) is 12.3. The van der Waals surface area contributed by atoms with E-state index in [2.05, 4.69) is 17.2 Å². The highest BCUT2D eigenvalue weighted by Gasteiger charge is 2.11. The number of ether oxygens (including phenoxy) is 1. The summed E-state index contributed by atoms with van der Waals surface area (Å²) in [6.45, 7) is 3.05. The van der Waals surface area contributed by atoms with Crippen LogP contribution >= 0.6 is 11.6 Å². The average molecular weight is 253 g/mol. The lowest BCUT2D eigenvalue weighted by atomic mass is 10.1. The number of hydrogen-bond donors (Lipinski definition) is 2. The number of methoxy groups -OCH3 is 1. The molecule has 0 unspecified atom stereocenters. The van der Waals surface area contributed by atoms with E-state index in [0.29, 0.717) is 5.02 Å². The van der Waals surface area contributed by atoms with Crippen LogP contribution in [0, 0.1) is 6.92 Å². The molecule has 17 heavy (non-hydrogen) atoms. The first-order chi connectivity index (χ1) is 8.17. The Morgan fingerprint density at radius 3 is 2.82 bits per heavy atom. The number of benzene rings is 1. The van der Waals surface area contributed by atoms with Crippen LogP contribution in [0.3, 0.4) is 0 Å². The number of H-pyrrole nitrogens is 1. The number of fused-ring (bicyclic) bond motifs is 1. The van der Waals surface area contributed by atoms with Crippen LogP contribution < -0.4 is 10.1 Å². The quantitative estimate of drug-likeness (QED) is 0.878. The van der Waals surface area contributed by atoms with Crippen LogP contribution in [-0.4, -0.2) is 25.7 Å². The third-order valence-corrected chi connectivity index (χ3v) is 3.31. The van der Waals surface area contributed by atoms with E-state index < -0.39 is 0 Å². The molecule has 0 atom stereocenters. The summed E-state index contributed by atoms with van der Waals surface area (Å²) in [6, 6.07) is 3.93. The Bertz CT molecular complexity index is 534. The van der Waals surface area contributed by atoms with Crippen molar-refractivity contribution in [2.24, 2.45) is 0 Å². The Kier molecular flexibility index (Phi) is 3.60. The standard InChI is InChI=1S/C13H17ClN2O/c1-8-9(4-5-15-2)10-6-13(17-3)11(14)7-12(10)16-8/h6-7,15-16H,4-5H2,1-3H3. The highest BCUT2D eigenvalue weighted by molar-refractivity contribution is 6.32. The molecule has 0 saturated carbocycles. The molecular weight excluding hydrogens is 236 g/mol. The van der Waals surface area contributed by atoms with Crippen molar-refractivity contribution in [1.29, 1.82) is 0 Å². The molecule has 1 heterocycles. The molecule has 2 N–H and O–H groups in total. The summed E-state index contributed by atoms with van der Waals surface area (Å²) in [6.07, 6.45) is 0.993. The number of aromatic amines is 1. The van der Waals surface area contributed by atoms with Crippen molar-refractivity contribution in [1.82, 2.24) is 10.3 Å². The molecule has 0 aliphatic heterocycles. The van der Waals surface area contributed by atoms with Crippen LogP contribution in [0.2, 0.25) is 5.02 Å². The average Bonchev–Trinajstić information content (AvgIpc) is 2.60. The number of nitrogens with one attached hydrogen (secondary N) is 2. The van der Waals surface area contributed by atoms with Crippen molar-refractivity contribution in [3.63, 3.8) is 0 Å². The summed E-state index contributed by atoms with van der Waals surface area (Å²) in [7, 11) is 3.60. The van der Waals surface area contributed by atoms with E-state index in [1.54, 1.807) is 7.11 Å². The minimum Gasteiger partial charge on any atom is -0.495 e. The fraction of sp³-hybridized carbons (Fsp3) is 0.385. The monoisotopic (exact) mass is 252 g/mol. The Hall–Kier alpha value is -1.19. The molecule has 0 amide bonds. The van der Waals surface area contributed by atoms with E-state index in [9.17, 15) is 0 Å². The van der Waals surface area contributed by atoms with Crippen LogP contribution in [0.4, 0.5) is 0 Å². The zero-order valence-corrected chi connectivity index (χ0v) is 11.1. The zero-order chi connectivity index (χ0) is 12.4. The normalized spacial score (nSPS) is 11.1. The predicted octanol–water partition coefficient (Wildman–Crippen LogP) is 2.90. The van der Waals surface area contributed by atoms with Gasteiger partial charge in [-0.15, -0.1) is 0 Å². The van der Waals surface area contributed by atoms with Gasteiger partial charge in [0.25, 0.3) is 0 Å². The second-order valence-electron chi connectivity index (χ2n) is 4.11. The number of aryl methyl sites for hydroxylation is 1. The molecule has 0 bridgehead atoms. The van der Waals surface area contributed by atoms with Gasteiger partial charge in [-0.25, -0.2) is 0 Å². The Morgan fingerprint density at radius 2 is 2.18 bits per heavy atom. The van der Waals surface area contributed by atoms with Gasteiger partial charge in [-0.1, -0.05) is 11.6 Å². The lowest BCUT2D eigenvalue weighted by Crippen LogP contribution is -2.10. The Labute approximate surface area is 106 Å². The lowest BCUT2D eigenvalue weighted by molar-refractivity contribution is 0.415. The van der Waals surface area contributed by atoms with Crippen molar-refractivity contribution >= 4 is 22.5 Å². The van der Waals surface area contributed by atoms with Crippen LogP contribution in [0.5, 0.6) is 5.75 Å². The summed E-state index contributed by atoms with van der Waals surface area (Å²) in [4.78, 5) is 3.36. The number of halogens is 1. The van der Waals surface area contributed by atoms with Crippen LogP contribution in [0.1, 0.15) is 11.3 Å². The van der Waals surface area contributed by atoms with Crippen molar-refractivity contribution < 1.29 is 4.74 Å². The topological polar surface area (TPSA) is 37.0 Å². The van der Waals surface area contributed by atoms with Gasteiger partial charge >= 0.3 is 0 Å². The molecule has 1 aromatic carbocycles. The second-order valence-corrected chi connectivity index (χ2v) is 4.52. The Morgan fingerprint density at radius 1 is 1.41 bits per heavy atom. The maximum Gasteiger partial charge on any atom is 0.138 e. The van der Waals surface area contributed by atoms with Gasteiger partial charge in [-0.05, 0) is 44.6 Å². The minimum atomic E-state index is 0.640. The van der Waals surface area contributed by atoms with Gasteiger partial charge in [0.1, 0.15) is 5.75 Å². The maximum atomic E-state index is 6.11. The largest absolute Gasteiger partial charge is 0.495 e. The number of aromatic nitrogens is 1. The lowest BCUT2D eigenvalue weighted by Gasteiger charge is -2.04. The van der Waals surface area contributed by atoms with E-state index in [1.807, 2.05) is 19.2 Å². The first-order valence-electron chi connectivity index (χ1n) is 5.66. The van der Waals surface area contributed by atoms with Crippen molar-refractivity contribution in [3.05, 3.63) is 28.4 Å². The van der Waals surface area contributed by atoms with Gasteiger partial charge in [0, 0.05) is 16.6 Å².